The van der Waals surface area contributed by atoms with E-state index in [4.69, 9.17) is 0 Å². The van der Waals surface area contributed by atoms with E-state index >= 15 is 0 Å². The molecule has 2 aromatic carbocycles. The number of benzene rings is 2. The van der Waals surface area contributed by atoms with E-state index in [-0.39, 0.29) is 18.3 Å². The molecule has 0 atom stereocenters. The minimum atomic E-state index is -0.347. The van der Waals surface area contributed by atoms with Crippen molar-refractivity contribution in [2.45, 2.75) is 6.54 Å². The van der Waals surface area contributed by atoms with Crippen molar-refractivity contribution >= 4 is 11.6 Å². The van der Waals surface area contributed by atoms with Gasteiger partial charge in [0.2, 0.25) is 11.7 Å². The summed E-state index contributed by atoms with van der Waals surface area (Å²) in [6.07, 6.45) is 0. The molecule has 0 aliphatic heterocycles. The van der Waals surface area contributed by atoms with Crippen LogP contribution in [0, 0.1) is 5.82 Å². The van der Waals surface area contributed by atoms with Crippen molar-refractivity contribution < 1.29 is 9.18 Å². The van der Waals surface area contributed by atoms with Crippen molar-refractivity contribution in [2.75, 3.05) is 11.9 Å². The summed E-state index contributed by atoms with van der Waals surface area (Å²) in [4.78, 5) is 14.9. The van der Waals surface area contributed by atoms with Crippen LogP contribution in [0.2, 0.25) is 0 Å². The van der Waals surface area contributed by atoms with Gasteiger partial charge in [0.15, 0.2) is 0 Å². The maximum Gasteiger partial charge on any atom is 0.250 e. The first-order valence-corrected chi connectivity index (χ1v) is 6.99. The number of anilines is 1. The lowest BCUT2D eigenvalue weighted by molar-refractivity contribution is -0.119. The number of amides is 1. The van der Waals surface area contributed by atoms with E-state index in [1.165, 1.54) is 34.0 Å². The molecule has 0 saturated heterocycles. The van der Waals surface area contributed by atoms with Crippen molar-refractivity contribution in [3.63, 3.8) is 0 Å². The molecule has 0 spiro atoms. The lowest BCUT2D eigenvalue weighted by Gasteiger charge is -2.16. The van der Waals surface area contributed by atoms with E-state index in [2.05, 4.69) is 15.4 Å². The van der Waals surface area contributed by atoms with Gasteiger partial charge in [-0.3, -0.25) is 4.79 Å². The highest BCUT2D eigenvalue weighted by Crippen LogP contribution is 2.14. The number of tetrazole rings is 1. The molecule has 3 rings (SSSR count). The van der Waals surface area contributed by atoms with Crippen molar-refractivity contribution in [1.29, 1.82) is 0 Å². The van der Waals surface area contributed by atoms with Gasteiger partial charge in [-0.25, -0.2) is 4.39 Å². The standard InChI is InChI=1S/C16H14FN5O/c1-21(14-9-7-13(17)8-10-14)15(23)11-22-19-16(18-20-22)12-5-3-2-4-6-12/h2-10H,11H2,1H3. The van der Waals surface area contributed by atoms with Crippen LogP contribution in [0.25, 0.3) is 11.4 Å². The fraction of sp³-hybridized carbons (Fsp3) is 0.125. The summed E-state index contributed by atoms with van der Waals surface area (Å²) in [6.45, 7) is -0.0479. The van der Waals surface area contributed by atoms with Gasteiger partial charge < -0.3 is 4.90 Å². The fourth-order valence-corrected chi connectivity index (χ4v) is 2.05. The van der Waals surface area contributed by atoms with Gasteiger partial charge in [-0.15, -0.1) is 10.2 Å². The van der Waals surface area contributed by atoms with Crippen LogP contribution in [0.1, 0.15) is 0 Å². The number of aromatic nitrogens is 4. The molecule has 0 aliphatic rings. The number of likely N-dealkylation sites (N-methyl/N-ethyl adjacent to an activating group) is 1. The van der Waals surface area contributed by atoms with Crippen LogP contribution in [0.5, 0.6) is 0 Å². The number of nitrogens with zero attached hydrogens (tertiary/aromatic N) is 5. The Morgan fingerprint density at radius 3 is 2.52 bits per heavy atom. The van der Waals surface area contributed by atoms with Gasteiger partial charge in [-0.05, 0) is 29.5 Å². The summed E-state index contributed by atoms with van der Waals surface area (Å²) in [5.74, 6) is -0.114. The second-order valence-electron chi connectivity index (χ2n) is 4.94. The molecule has 0 saturated carbocycles. The smallest absolute Gasteiger partial charge is 0.250 e. The summed E-state index contributed by atoms with van der Waals surface area (Å²) < 4.78 is 12.9. The Morgan fingerprint density at radius 1 is 1.13 bits per heavy atom. The van der Waals surface area contributed by atoms with Crippen LogP contribution >= 0.6 is 0 Å². The molecule has 23 heavy (non-hydrogen) atoms. The third kappa shape index (κ3) is 3.39. The van der Waals surface area contributed by atoms with Gasteiger partial charge in [-0.2, -0.15) is 4.80 Å². The number of hydrogen-bond donors (Lipinski definition) is 0. The minimum absolute atomic E-state index is 0.0479. The quantitative estimate of drug-likeness (QED) is 0.740. The Bertz CT molecular complexity index is 801. The average Bonchev–Trinajstić information content (AvgIpc) is 3.04. The van der Waals surface area contributed by atoms with Gasteiger partial charge >= 0.3 is 0 Å². The largest absolute Gasteiger partial charge is 0.314 e. The minimum Gasteiger partial charge on any atom is -0.314 e. The fourth-order valence-electron chi connectivity index (χ4n) is 2.05. The molecule has 1 amide bonds. The van der Waals surface area contributed by atoms with Crippen molar-refractivity contribution in [3.8, 4) is 11.4 Å². The molecule has 0 radical (unpaired) electrons. The molecule has 0 unspecified atom stereocenters. The van der Waals surface area contributed by atoms with E-state index in [9.17, 15) is 9.18 Å². The van der Waals surface area contributed by atoms with Crippen molar-refractivity contribution in [3.05, 3.63) is 60.4 Å². The van der Waals surface area contributed by atoms with Gasteiger partial charge in [0.05, 0.1) is 0 Å². The molecule has 0 fully saturated rings. The predicted octanol–water partition coefficient (Wildman–Crippen LogP) is 2.14. The Kier molecular flexibility index (Phi) is 4.09. The number of hydrogen-bond acceptors (Lipinski definition) is 4. The maximum absolute atomic E-state index is 12.9. The van der Waals surface area contributed by atoms with Crippen LogP contribution in [0.3, 0.4) is 0 Å². The molecule has 1 aromatic heterocycles. The van der Waals surface area contributed by atoms with E-state index in [1.54, 1.807) is 7.05 Å². The Hall–Kier alpha value is -3.09. The van der Waals surface area contributed by atoms with Gasteiger partial charge in [0, 0.05) is 18.3 Å². The summed E-state index contributed by atoms with van der Waals surface area (Å²) in [5, 5.41) is 12.0. The summed E-state index contributed by atoms with van der Waals surface area (Å²) in [6, 6.07) is 15.1. The van der Waals surface area contributed by atoms with Crippen LogP contribution in [0.15, 0.2) is 54.6 Å². The molecule has 7 heteroatoms. The van der Waals surface area contributed by atoms with E-state index in [0.717, 1.165) is 5.56 Å². The van der Waals surface area contributed by atoms with Crippen LogP contribution in [0.4, 0.5) is 10.1 Å². The summed E-state index contributed by atoms with van der Waals surface area (Å²) in [5.41, 5.74) is 1.43. The zero-order chi connectivity index (χ0) is 16.2. The highest BCUT2D eigenvalue weighted by Gasteiger charge is 2.14. The Morgan fingerprint density at radius 2 is 1.83 bits per heavy atom. The van der Waals surface area contributed by atoms with Crippen LogP contribution in [-0.2, 0) is 11.3 Å². The molecule has 0 N–H and O–H groups in total. The number of carbonyl (C=O) groups is 1. The molecule has 3 aromatic rings. The van der Waals surface area contributed by atoms with Gasteiger partial charge in [0.25, 0.3) is 0 Å². The molecular weight excluding hydrogens is 297 g/mol. The highest BCUT2D eigenvalue weighted by molar-refractivity contribution is 5.92. The lowest BCUT2D eigenvalue weighted by Crippen LogP contribution is -2.30. The normalized spacial score (nSPS) is 10.5. The van der Waals surface area contributed by atoms with Gasteiger partial charge in [0.1, 0.15) is 12.4 Å². The topological polar surface area (TPSA) is 63.9 Å². The SMILES string of the molecule is CN(C(=O)Cn1nnc(-c2ccccc2)n1)c1ccc(F)cc1. The number of rotatable bonds is 4. The van der Waals surface area contributed by atoms with Crippen molar-refractivity contribution in [1.82, 2.24) is 20.2 Å². The zero-order valence-electron chi connectivity index (χ0n) is 12.4. The highest BCUT2D eigenvalue weighted by atomic mass is 19.1. The van der Waals surface area contributed by atoms with E-state index < -0.39 is 0 Å². The number of carbonyl (C=O) groups excluding carboxylic acids is 1. The third-order valence-corrected chi connectivity index (χ3v) is 3.35. The predicted molar refractivity (Wildman–Crippen MR) is 83.1 cm³/mol. The maximum atomic E-state index is 12.9. The summed E-state index contributed by atoms with van der Waals surface area (Å²) in [7, 11) is 1.62. The lowest BCUT2D eigenvalue weighted by atomic mass is 10.2. The van der Waals surface area contributed by atoms with E-state index in [0.29, 0.717) is 11.5 Å². The third-order valence-electron chi connectivity index (χ3n) is 3.35. The first-order valence-electron chi connectivity index (χ1n) is 6.99. The first kappa shape index (κ1) is 14.8. The molecule has 0 aliphatic carbocycles. The molecule has 1 heterocycles. The molecule has 6 nitrogen and oxygen atoms in total. The van der Waals surface area contributed by atoms with Crippen LogP contribution in [-0.4, -0.2) is 33.2 Å². The Labute approximate surface area is 132 Å². The number of halogens is 1. The monoisotopic (exact) mass is 311 g/mol. The molecular formula is C16H14FN5O. The van der Waals surface area contributed by atoms with Crippen molar-refractivity contribution in [2.24, 2.45) is 0 Å². The molecule has 0 bridgehead atoms. The summed E-state index contributed by atoms with van der Waals surface area (Å²) >= 11 is 0. The Balaban J connectivity index is 1.71. The second kappa shape index (κ2) is 6.35. The average molecular weight is 311 g/mol. The van der Waals surface area contributed by atoms with E-state index in [1.807, 2.05) is 30.3 Å². The van der Waals surface area contributed by atoms with Crippen LogP contribution < -0.4 is 4.90 Å². The molecule has 116 valence electrons. The second-order valence-corrected chi connectivity index (χ2v) is 4.94. The zero-order valence-corrected chi connectivity index (χ0v) is 12.4. The first-order chi connectivity index (χ1) is 11.1. The van der Waals surface area contributed by atoms with Gasteiger partial charge in [-0.1, -0.05) is 30.3 Å².